The van der Waals surface area contributed by atoms with Crippen molar-refractivity contribution in [1.29, 1.82) is 0 Å². The summed E-state index contributed by atoms with van der Waals surface area (Å²) in [6.07, 6.45) is 0. The zero-order chi connectivity index (χ0) is 14.7. The predicted molar refractivity (Wildman–Crippen MR) is 74.6 cm³/mol. The summed E-state index contributed by atoms with van der Waals surface area (Å²) >= 11 is 5.78. The Morgan fingerprint density at radius 2 is 1.89 bits per heavy atom. The normalized spacial score (nSPS) is 16.5. The Balaban J connectivity index is 2.99. The van der Waals surface area contributed by atoms with Crippen molar-refractivity contribution in [2.24, 2.45) is 11.7 Å². The van der Waals surface area contributed by atoms with Crippen LogP contribution in [0.5, 0.6) is 0 Å². The van der Waals surface area contributed by atoms with Crippen LogP contribution in [0.4, 0.5) is 0 Å². The van der Waals surface area contributed by atoms with Crippen LogP contribution in [-0.4, -0.2) is 22.6 Å². The second kappa shape index (κ2) is 5.90. The van der Waals surface area contributed by atoms with Crippen LogP contribution in [0.2, 0.25) is 0 Å². The Kier molecular flexibility index (Phi) is 4.96. The number of benzene rings is 1. The molecule has 0 amide bonds. The Morgan fingerprint density at radius 3 is 2.32 bits per heavy atom. The minimum atomic E-state index is -1.86. The minimum Gasteiger partial charge on any atom is -0.460 e. The number of carbonyl (C=O) groups is 1. The van der Waals surface area contributed by atoms with Crippen LogP contribution in [0.25, 0.3) is 0 Å². The maximum absolute atomic E-state index is 12.1. The molecule has 106 valence electrons. The Bertz CT molecular complexity index is 426. The Morgan fingerprint density at radius 1 is 1.37 bits per heavy atom. The van der Waals surface area contributed by atoms with E-state index in [0.29, 0.717) is 5.56 Å². The molecule has 5 heteroatoms. The van der Waals surface area contributed by atoms with Crippen molar-refractivity contribution in [3.8, 4) is 0 Å². The molecule has 0 fully saturated rings. The largest absolute Gasteiger partial charge is 0.460 e. The number of hydrogen-bond acceptors (Lipinski definition) is 4. The van der Waals surface area contributed by atoms with Crippen molar-refractivity contribution in [2.75, 3.05) is 5.88 Å². The van der Waals surface area contributed by atoms with E-state index in [1.807, 2.05) is 0 Å². The van der Waals surface area contributed by atoms with Gasteiger partial charge in [0.2, 0.25) is 0 Å². The van der Waals surface area contributed by atoms with E-state index in [-0.39, 0.29) is 5.88 Å². The topological polar surface area (TPSA) is 72.5 Å². The van der Waals surface area contributed by atoms with Crippen LogP contribution in [0, 0.1) is 5.92 Å². The molecule has 0 saturated carbocycles. The second-order valence-corrected chi connectivity index (χ2v) is 5.74. The van der Waals surface area contributed by atoms with Crippen molar-refractivity contribution >= 4 is 17.6 Å². The fourth-order valence-electron chi connectivity index (χ4n) is 1.64. The van der Waals surface area contributed by atoms with E-state index in [2.05, 4.69) is 0 Å². The zero-order valence-electron chi connectivity index (χ0n) is 11.4. The summed E-state index contributed by atoms with van der Waals surface area (Å²) in [6, 6.07) is 8.54. The van der Waals surface area contributed by atoms with Crippen molar-refractivity contribution in [1.82, 2.24) is 0 Å². The first-order valence-corrected chi connectivity index (χ1v) is 6.57. The molecule has 3 N–H and O–H groups in total. The first-order chi connectivity index (χ1) is 8.68. The predicted octanol–water partition coefficient (Wildman–Crippen LogP) is 1.99. The van der Waals surface area contributed by atoms with Crippen LogP contribution >= 0.6 is 11.6 Å². The molecule has 0 aromatic heterocycles. The van der Waals surface area contributed by atoms with Gasteiger partial charge in [-0.2, -0.15) is 0 Å². The molecule has 1 aromatic carbocycles. The molecule has 0 bridgehead atoms. The van der Waals surface area contributed by atoms with E-state index < -0.39 is 23.2 Å². The Hall–Kier alpha value is -1.10. The SMILES string of the molecule is CC(C)(C)OC(=O)[C@H](CCl)[C@](N)(O)c1ccccc1. The van der Waals surface area contributed by atoms with Crippen LogP contribution in [0.3, 0.4) is 0 Å². The highest BCUT2D eigenvalue weighted by atomic mass is 35.5. The van der Waals surface area contributed by atoms with E-state index in [1.54, 1.807) is 51.1 Å². The van der Waals surface area contributed by atoms with Gasteiger partial charge in [-0.15, -0.1) is 11.6 Å². The average Bonchev–Trinajstić information content (AvgIpc) is 2.28. The fourth-order valence-corrected chi connectivity index (χ4v) is 2.00. The number of hydrogen-bond donors (Lipinski definition) is 2. The van der Waals surface area contributed by atoms with Gasteiger partial charge >= 0.3 is 5.97 Å². The van der Waals surface area contributed by atoms with Gasteiger partial charge in [0, 0.05) is 5.88 Å². The molecule has 0 radical (unpaired) electrons. The summed E-state index contributed by atoms with van der Waals surface area (Å²) in [6.45, 7) is 5.23. The maximum atomic E-state index is 12.1. The molecule has 4 nitrogen and oxygen atoms in total. The highest BCUT2D eigenvalue weighted by Gasteiger charge is 2.41. The number of halogens is 1. The van der Waals surface area contributed by atoms with E-state index in [9.17, 15) is 9.90 Å². The third kappa shape index (κ3) is 4.20. The molecule has 0 unspecified atom stereocenters. The first-order valence-electron chi connectivity index (χ1n) is 6.04. The van der Waals surface area contributed by atoms with Gasteiger partial charge in [-0.25, -0.2) is 0 Å². The van der Waals surface area contributed by atoms with Crippen LogP contribution < -0.4 is 5.73 Å². The van der Waals surface area contributed by atoms with Crippen LogP contribution in [0.15, 0.2) is 30.3 Å². The number of alkyl halides is 1. The molecule has 0 aliphatic heterocycles. The number of aliphatic hydroxyl groups is 1. The lowest BCUT2D eigenvalue weighted by molar-refractivity contribution is -0.169. The Labute approximate surface area is 118 Å². The smallest absolute Gasteiger partial charge is 0.315 e. The van der Waals surface area contributed by atoms with Gasteiger partial charge in [-0.1, -0.05) is 30.3 Å². The van der Waals surface area contributed by atoms with Gasteiger partial charge in [0.05, 0.1) is 0 Å². The monoisotopic (exact) mass is 285 g/mol. The van der Waals surface area contributed by atoms with E-state index in [1.165, 1.54) is 0 Å². The van der Waals surface area contributed by atoms with Crippen molar-refractivity contribution in [3.63, 3.8) is 0 Å². The molecule has 1 rings (SSSR count). The third-order valence-electron chi connectivity index (χ3n) is 2.61. The number of carbonyl (C=O) groups excluding carboxylic acids is 1. The summed E-state index contributed by atoms with van der Waals surface area (Å²) in [5, 5.41) is 10.4. The number of nitrogens with two attached hydrogens (primary N) is 1. The lowest BCUT2D eigenvalue weighted by Gasteiger charge is -2.32. The number of esters is 1. The molecule has 0 spiro atoms. The minimum absolute atomic E-state index is 0.128. The third-order valence-corrected chi connectivity index (χ3v) is 2.92. The molecule has 1 aromatic rings. The summed E-state index contributed by atoms with van der Waals surface area (Å²) in [7, 11) is 0. The molecule has 0 aliphatic carbocycles. The van der Waals surface area contributed by atoms with Crippen molar-refractivity contribution < 1.29 is 14.6 Å². The molecule has 0 saturated heterocycles. The van der Waals surface area contributed by atoms with Crippen LogP contribution in [0.1, 0.15) is 26.3 Å². The van der Waals surface area contributed by atoms with E-state index in [0.717, 1.165) is 0 Å². The molecular weight excluding hydrogens is 266 g/mol. The lowest BCUT2D eigenvalue weighted by atomic mass is 9.90. The zero-order valence-corrected chi connectivity index (χ0v) is 12.1. The lowest BCUT2D eigenvalue weighted by Crippen LogP contribution is -2.50. The molecule has 19 heavy (non-hydrogen) atoms. The summed E-state index contributed by atoms with van der Waals surface area (Å²) in [5.74, 6) is -1.77. The maximum Gasteiger partial charge on any atom is 0.315 e. The van der Waals surface area contributed by atoms with Crippen LogP contribution in [-0.2, 0) is 15.3 Å². The summed E-state index contributed by atoms with van der Waals surface area (Å²) in [5.41, 5.74) is 3.79. The van der Waals surface area contributed by atoms with Gasteiger partial charge in [0.25, 0.3) is 0 Å². The average molecular weight is 286 g/mol. The highest BCUT2D eigenvalue weighted by Crippen LogP contribution is 2.28. The van der Waals surface area contributed by atoms with Gasteiger partial charge in [0.1, 0.15) is 11.5 Å². The van der Waals surface area contributed by atoms with E-state index >= 15 is 0 Å². The van der Waals surface area contributed by atoms with Gasteiger partial charge < -0.3 is 9.84 Å². The van der Waals surface area contributed by atoms with Gasteiger partial charge in [-0.3, -0.25) is 10.5 Å². The van der Waals surface area contributed by atoms with Crippen molar-refractivity contribution in [3.05, 3.63) is 35.9 Å². The molecule has 0 heterocycles. The number of rotatable bonds is 4. The summed E-state index contributed by atoms with van der Waals surface area (Å²) in [4.78, 5) is 12.1. The highest BCUT2D eigenvalue weighted by molar-refractivity contribution is 6.19. The number of ether oxygens (including phenoxy) is 1. The standard InChI is InChI=1S/C14H20ClNO3/c1-13(2,3)19-12(17)11(9-15)14(16,18)10-7-5-4-6-8-10/h4-8,11,18H,9,16H2,1-3H3/t11-,14+/m0/s1. The van der Waals surface area contributed by atoms with Crippen molar-refractivity contribution in [2.45, 2.75) is 32.1 Å². The molecular formula is C14H20ClNO3. The van der Waals surface area contributed by atoms with Gasteiger partial charge in [-0.05, 0) is 26.3 Å². The second-order valence-electron chi connectivity index (χ2n) is 5.43. The van der Waals surface area contributed by atoms with E-state index in [4.69, 9.17) is 22.1 Å². The molecule has 0 aliphatic rings. The molecule has 2 atom stereocenters. The van der Waals surface area contributed by atoms with Gasteiger partial charge in [0.15, 0.2) is 5.72 Å². The fraction of sp³-hybridized carbons (Fsp3) is 0.500. The quantitative estimate of drug-likeness (QED) is 0.504. The summed E-state index contributed by atoms with van der Waals surface area (Å²) < 4.78 is 5.24. The first kappa shape index (κ1) is 16.0.